The summed E-state index contributed by atoms with van der Waals surface area (Å²) in [6, 6.07) is 7.44. The molecule has 1 saturated carbocycles. The van der Waals surface area contributed by atoms with Crippen molar-refractivity contribution in [3.8, 4) is 0 Å². The Kier molecular flexibility index (Phi) is 6.05. The minimum absolute atomic E-state index is 0.0576. The van der Waals surface area contributed by atoms with Gasteiger partial charge in [-0.25, -0.2) is 0 Å². The van der Waals surface area contributed by atoms with Crippen LogP contribution in [0.25, 0.3) is 0 Å². The second-order valence-corrected chi connectivity index (χ2v) is 6.26. The Labute approximate surface area is 129 Å². The molecule has 20 heavy (non-hydrogen) atoms. The Morgan fingerprint density at radius 1 is 1.35 bits per heavy atom. The Morgan fingerprint density at radius 2 is 2.10 bits per heavy atom. The molecule has 2 atom stereocenters. The molecule has 1 aliphatic rings. The van der Waals surface area contributed by atoms with Crippen LogP contribution in [0.3, 0.4) is 0 Å². The molecule has 0 saturated heterocycles. The van der Waals surface area contributed by atoms with E-state index in [-0.39, 0.29) is 5.91 Å². The first-order chi connectivity index (χ1) is 9.68. The van der Waals surface area contributed by atoms with E-state index in [4.69, 9.17) is 4.74 Å². The van der Waals surface area contributed by atoms with Gasteiger partial charge in [0.2, 0.25) is 0 Å². The van der Waals surface area contributed by atoms with Crippen molar-refractivity contribution in [2.24, 2.45) is 5.92 Å². The summed E-state index contributed by atoms with van der Waals surface area (Å²) in [6.45, 7) is 3.40. The molecule has 3 nitrogen and oxygen atoms in total. The summed E-state index contributed by atoms with van der Waals surface area (Å²) < 4.78 is 6.70. The zero-order chi connectivity index (χ0) is 14.4. The van der Waals surface area contributed by atoms with E-state index in [2.05, 4.69) is 28.2 Å². The fourth-order valence-electron chi connectivity index (χ4n) is 2.65. The first-order valence-corrected chi connectivity index (χ1v) is 8.12. The molecule has 0 radical (unpaired) electrons. The lowest BCUT2D eigenvalue weighted by Crippen LogP contribution is -2.31. The van der Waals surface area contributed by atoms with Gasteiger partial charge in [0.25, 0.3) is 5.91 Å². The molecule has 0 heterocycles. The molecule has 1 aliphatic carbocycles. The SMILES string of the molecule is C[C@H]1CCCC[C@@H]1OCCNC(=O)c1ccccc1Br. The topological polar surface area (TPSA) is 38.3 Å². The summed E-state index contributed by atoms with van der Waals surface area (Å²) in [5.41, 5.74) is 0.665. The quantitative estimate of drug-likeness (QED) is 0.829. The normalized spacial score (nSPS) is 22.5. The van der Waals surface area contributed by atoms with E-state index in [0.29, 0.717) is 30.7 Å². The second-order valence-electron chi connectivity index (χ2n) is 5.41. The fourth-order valence-corrected chi connectivity index (χ4v) is 3.11. The van der Waals surface area contributed by atoms with Gasteiger partial charge in [0.05, 0.1) is 18.3 Å². The summed E-state index contributed by atoms with van der Waals surface area (Å²) in [5, 5.41) is 2.90. The maximum atomic E-state index is 12.0. The van der Waals surface area contributed by atoms with Gasteiger partial charge in [0, 0.05) is 11.0 Å². The van der Waals surface area contributed by atoms with E-state index in [1.807, 2.05) is 24.3 Å². The predicted octanol–water partition coefficient (Wildman–Crippen LogP) is 3.77. The van der Waals surface area contributed by atoms with Crippen molar-refractivity contribution < 1.29 is 9.53 Å². The highest BCUT2D eigenvalue weighted by atomic mass is 79.9. The van der Waals surface area contributed by atoms with Crippen molar-refractivity contribution in [2.75, 3.05) is 13.2 Å². The molecule has 0 bridgehead atoms. The average Bonchev–Trinajstić information content (AvgIpc) is 2.45. The molecular weight excluding hydrogens is 318 g/mol. The van der Waals surface area contributed by atoms with Crippen LogP contribution in [-0.4, -0.2) is 25.2 Å². The highest BCUT2D eigenvalue weighted by Crippen LogP contribution is 2.26. The van der Waals surface area contributed by atoms with Gasteiger partial charge < -0.3 is 10.1 Å². The number of carbonyl (C=O) groups is 1. The molecule has 110 valence electrons. The maximum Gasteiger partial charge on any atom is 0.252 e. The number of amides is 1. The molecule has 1 N–H and O–H groups in total. The lowest BCUT2D eigenvalue weighted by atomic mass is 9.88. The third kappa shape index (κ3) is 4.32. The van der Waals surface area contributed by atoms with Crippen LogP contribution in [-0.2, 0) is 4.74 Å². The number of hydrogen-bond acceptors (Lipinski definition) is 2. The third-order valence-electron chi connectivity index (χ3n) is 3.87. The van der Waals surface area contributed by atoms with E-state index >= 15 is 0 Å². The van der Waals surface area contributed by atoms with Crippen LogP contribution in [0.5, 0.6) is 0 Å². The number of carbonyl (C=O) groups excluding carboxylic acids is 1. The number of rotatable bonds is 5. The predicted molar refractivity (Wildman–Crippen MR) is 83.8 cm³/mol. The summed E-state index contributed by atoms with van der Waals surface area (Å²) >= 11 is 3.38. The Balaban J connectivity index is 1.71. The summed E-state index contributed by atoms with van der Waals surface area (Å²) in [5.74, 6) is 0.584. The molecule has 1 aromatic rings. The summed E-state index contributed by atoms with van der Waals surface area (Å²) in [6.07, 6.45) is 5.36. The summed E-state index contributed by atoms with van der Waals surface area (Å²) in [7, 11) is 0. The molecule has 0 unspecified atom stereocenters. The van der Waals surface area contributed by atoms with Gasteiger partial charge in [0.15, 0.2) is 0 Å². The zero-order valence-corrected chi connectivity index (χ0v) is 13.5. The Bertz CT molecular complexity index is 450. The van der Waals surface area contributed by atoms with Crippen molar-refractivity contribution in [1.29, 1.82) is 0 Å². The van der Waals surface area contributed by atoms with Gasteiger partial charge >= 0.3 is 0 Å². The van der Waals surface area contributed by atoms with Gasteiger partial charge in [-0.1, -0.05) is 31.9 Å². The number of ether oxygens (including phenoxy) is 1. The van der Waals surface area contributed by atoms with Gasteiger partial charge in [0.1, 0.15) is 0 Å². The molecule has 4 heteroatoms. The van der Waals surface area contributed by atoms with Gasteiger partial charge in [-0.15, -0.1) is 0 Å². The van der Waals surface area contributed by atoms with E-state index in [9.17, 15) is 4.79 Å². The van der Waals surface area contributed by atoms with Crippen LogP contribution >= 0.6 is 15.9 Å². The van der Waals surface area contributed by atoms with Crippen LogP contribution in [0.2, 0.25) is 0 Å². The molecule has 0 aromatic heterocycles. The first kappa shape index (κ1) is 15.5. The average molecular weight is 340 g/mol. The van der Waals surface area contributed by atoms with Crippen molar-refractivity contribution in [1.82, 2.24) is 5.32 Å². The van der Waals surface area contributed by atoms with Crippen molar-refractivity contribution in [3.63, 3.8) is 0 Å². The van der Waals surface area contributed by atoms with Gasteiger partial charge in [-0.3, -0.25) is 4.79 Å². The molecule has 0 spiro atoms. The smallest absolute Gasteiger partial charge is 0.252 e. The molecular formula is C16H22BrNO2. The fraction of sp³-hybridized carbons (Fsp3) is 0.562. The third-order valence-corrected chi connectivity index (χ3v) is 4.56. The zero-order valence-electron chi connectivity index (χ0n) is 11.9. The van der Waals surface area contributed by atoms with Crippen LogP contribution in [0.4, 0.5) is 0 Å². The monoisotopic (exact) mass is 339 g/mol. The number of hydrogen-bond donors (Lipinski definition) is 1. The van der Waals surface area contributed by atoms with E-state index in [0.717, 1.165) is 10.9 Å². The van der Waals surface area contributed by atoms with Crippen LogP contribution < -0.4 is 5.32 Å². The highest BCUT2D eigenvalue weighted by Gasteiger charge is 2.21. The highest BCUT2D eigenvalue weighted by molar-refractivity contribution is 9.10. The van der Waals surface area contributed by atoms with Crippen LogP contribution in [0.15, 0.2) is 28.7 Å². The Hall–Kier alpha value is -0.870. The molecule has 0 aliphatic heterocycles. The van der Waals surface area contributed by atoms with Crippen LogP contribution in [0, 0.1) is 5.92 Å². The van der Waals surface area contributed by atoms with Gasteiger partial charge in [-0.05, 0) is 46.8 Å². The largest absolute Gasteiger partial charge is 0.376 e. The van der Waals surface area contributed by atoms with Crippen molar-refractivity contribution >= 4 is 21.8 Å². The minimum atomic E-state index is -0.0576. The first-order valence-electron chi connectivity index (χ1n) is 7.33. The van der Waals surface area contributed by atoms with Gasteiger partial charge in [-0.2, -0.15) is 0 Å². The number of nitrogens with one attached hydrogen (secondary N) is 1. The molecule has 1 fully saturated rings. The number of halogens is 1. The maximum absolute atomic E-state index is 12.0. The standard InChI is InChI=1S/C16H22BrNO2/c1-12-6-2-5-9-15(12)20-11-10-18-16(19)13-7-3-4-8-14(13)17/h3-4,7-8,12,15H,2,5-6,9-11H2,1H3,(H,18,19)/t12-,15-/m0/s1. The molecule has 1 aromatic carbocycles. The van der Waals surface area contributed by atoms with Crippen LogP contribution in [0.1, 0.15) is 43.0 Å². The second kappa shape index (κ2) is 7.79. The minimum Gasteiger partial charge on any atom is -0.376 e. The molecule has 1 amide bonds. The lowest BCUT2D eigenvalue weighted by Gasteiger charge is -2.28. The van der Waals surface area contributed by atoms with Crippen molar-refractivity contribution in [3.05, 3.63) is 34.3 Å². The molecule has 2 rings (SSSR count). The Morgan fingerprint density at radius 3 is 2.85 bits per heavy atom. The van der Waals surface area contributed by atoms with E-state index < -0.39 is 0 Å². The van der Waals surface area contributed by atoms with Crippen molar-refractivity contribution in [2.45, 2.75) is 38.7 Å². The summed E-state index contributed by atoms with van der Waals surface area (Å²) in [4.78, 5) is 12.0. The lowest BCUT2D eigenvalue weighted by molar-refractivity contribution is -0.00294. The number of benzene rings is 1. The van der Waals surface area contributed by atoms with E-state index in [1.54, 1.807) is 0 Å². The van der Waals surface area contributed by atoms with E-state index in [1.165, 1.54) is 19.3 Å².